The Morgan fingerprint density at radius 3 is 2.41 bits per heavy atom. The lowest BCUT2D eigenvalue weighted by Gasteiger charge is -2.24. The quantitative estimate of drug-likeness (QED) is 0.614. The maximum Gasteiger partial charge on any atom is 0.384 e. The molecule has 0 aliphatic carbocycles. The third-order valence-corrected chi connectivity index (χ3v) is 6.29. The minimum absolute atomic E-state index is 0.0202. The average molecular weight is 387 g/mol. The zero-order valence-electron chi connectivity index (χ0n) is 16.2. The van der Waals surface area contributed by atoms with E-state index in [0.29, 0.717) is 0 Å². The van der Waals surface area contributed by atoms with Crippen LogP contribution in [0.4, 0.5) is 0 Å². The van der Waals surface area contributed by atoms with Crippen LogP contribution in [0.5, 0.6) is 11.5 Å². The second-order valence-electron chi connectivity index (χ2n) is 7.00. The van der Waals surface area contributed by atoms with E-state index in [9.17, 15) is 0 Å². The molecule has 0 radical (unpaired) electrons. The van der Waals surface area contributed by atoms with E-state index in [1.807, 2.05) is 49.1 Å². The first-order valence-corrected chi connectivity index (χ1v) is 10.6. The molecule has 6 heteroatoms. The SMILES string of the molecule is CC[C@@H]1OC2O[C@@H](CC)c3cccc(c32)OP(N(C)C)Oc2cccc1c2. The number of fused-ring (bicyclic) bond motifs is 2. The standard InChI is InChI=1S/C21H26NO4P/c1-5-17-14-9-7-10-15(13-14)25-27(22(3)4)26-19-12-8-11-16-18(6-2)24-21(23-17)20(16)19/h7-13,17-18,21H,5-6H2,1-4H3/t17-,18-,21?,27?/m0/s1. The molecular formula is C21H26NO4P. The molecule has 2 heterocycles. The number of hydrogen-bond donors (Lipinski definition) is 0. The minimum atomic E-state index is -1.30. The fourth-order valence-corrected chi connectivity index (χ4v) is 4.55. The van der Waals surface area contributed by atoms with Gasteiger partial charge in [-0.05, 0) is 56.3 Å². The highest BCUT2D eigenvalue weighted by molar-refractivity contribution is 7.45. The molecule has 4 atom stereocenters. The Morgan fingerprint density at radius 2 is 1.67 bits per heavy atom. The minimum Gasteiger partial charge on any atom is -0.427 e. The molecule has 2 aliphatic heterocycles. The molecule has 27 heavy (non-hydrogen) atoms. The molecule has 0 spiro atoms. The summed E-state index contributed by atoms with van der Waals surface area (Å²) < 4.78 is 27.3. The highest BCUT2D eigenvalue weighted by Gasteiger charge is 2.37. The molecule has 0 saturated heterocycles. The van der Waals surface area contributed by atoms with E-state index in [1.165, 1.54) is 0 Å². The molecule has 2 aromatic carbocycles. The van der Waals surface area contributed by atoms with Gasteiger partial charge in [0.1, 0.15) is 11.5 Å². The summed E-state index contributed by atoms with van der Waals surface area (Å²) in [5.74, 6) is 1.56. The van der Waals surface area contributed by atoms with Crippen molar-refractivity contribution in [2.75, 3.05) is 14.1 Å². The van der Waals surface area contributed by atoms with E-state index in [0.717, 1.165) is 41.0 Å². The number of ether oxygens (including phenoxy) is 2. The Balaban J connectivity index is 1.83. The van der Waals surface area contributed by atoms with Crippen LogP contribution in [0.3, 0.4) is 0 Å². The predicted molar refractivity (Wildman–Crippen MR) is 106 cm³/mol. The van der Waals surface area contributed by atoms with Gasteiger partial charge in [-0.15, -0.1) is 0 Å². The number of benzene rings is 2. The summed E-state index contributed by atoms with van der Waals surface area (Å²) in [5.41, 5.74) is 3.23. The summed E-state index contributed by atoms with van der Waals surface area (Å²) in [6.45, 7) is 4.25. The highest BCUT2D eigenvalue weighted by Crippen LogP contribution is 2.52. The summed E-state index contributed by atoms with van der Waals surface area (Å²) in [4.78, 5) is 0. The number of rotatable bonds is 3. The maximum absolute atomic E-state index is 6.46. The summed E-state index contributed by atoms with van der Waals surface area (Å²) in [5, 5.41) is 0. The lowest BCUT2D eigenvalue weighted by atomic mass is 10.0. The van der Waals surface area contributed by atoms with Crippen molar-refractivity contribution in [1.29, 1.82) is 0 Å². The molecule has 0 saturated carbocycles. The number of nitrogens with zero attached hydrogens (tertiary/aromatic N) is 1. The van der Waals surface area contributed by atoms with Crippen LogP contribution in [0.15, 0.2) is 42.5 Å². The van der Waals surface area contributed by atoms with Gasteiger partial charge in [-0.1, -0.05) is 38.1 Å². The van der Waals surface area contributed by atoms with Crippen molar-refractivity contribution in [3.63, 3.8) is 0 Å². The normalized spacial score (nSPS) is 26.7. The Labute approximate surface area is 162 Å². The van der Waals surface area contributed by atoms with Crippen LogP contribution >= 0.6 is 8.53 Å². The first-order valence-electron chi connectivity index (χ1n) is 9.47. The van der Waals surface area contributed by atoms with Gasteiger partial charge in [-0.25, -0.2) is 4.67 Å². The molecule has 2 unspecified atom stereocenters. The fourth-order valence-electron chi connectivity index (χ4n) is 3.57. The zero-order valence-corrected chi connectivity index (χ0v) is 17.1. The second-order valence-corrected chi connectivity index (χ2v) is 8.64. The van der Waals surface area contributed by atoms with Gasteiger partial charge in [0.05, 0.1) is 17.8 Å². The smallest absolute Gasteiger partial charge is 0.384 e. The van der Waals surface area contributed by atoms with Gasteiger partial charge in [0.25, 0.3) is 0 Å². The molecule has 5 nitrogen and oxygen atoms in total. The van der Waals surface area contributed by atoms with Crippen LogP contribution in [0, 0.1) is 0 Å². The lowest BCUT2D eigenvalue weighted by molar-refractivity contribution is -0.188. The Hall–Kier alpha value is -1.65. The molecule has 0 fully saturated rings. The molecule has 0 N–H and O–H groups in total. The van der Waals surface area contributed by atoms with E-state index in [-0.39, 0.29) is 12.2 Å². The molecule has 2 aliphatic rings. The van der Waals surface area contributed by atoms with E-state index in [1.54, 1.807) is 0 Å². The first-order chi connectivity index (χ1) is 13.1. The number of hydrogen-bond acceptors (Lipinski definition) is 5. The Morgan fingerprint density at radius 1 is 0.926 bits per heavy atom. The van der Waals surface area contributed by atoms with Crippen LogP contribution in [-0.4, -0.2) is 18.8 Å². The van der Waals surface area contributed by atoms with Crippen molar-refractivity contribution in [2.24, 2.45) is 0 Å². The summed E-state index contributed by atoms with van der Waals surface area (Å²) in [6, 6.07) is 14.2. The summed E-state index contributed by atoms with van der Waals surface area (Å²) in [6.07, 6.45) is 1.25. The van der Waals surface area contributed by atoms with Crippen molar-refractivity contribution < 1.29 is 18.5 Å². The van der Waals surface area contributed by atoms with Gasteiger partial charge in [-0.3, -0.25) is 0 Å². The molecule has 0 aromatic heterocycles. The van der Waals surface area contributed by atoms with Crippen LogP contribution < -0.4 is 9.05 Å². The van der Waals surface area contributed by atoms with Crippen LogP contribution in [0.25, 0.3) is 0 Å². The zero-order chi connectivity index (χ0) is 19.0. The van der Waals surface area contributed by atoms with Gasteiger partial charge in [0.2, 0.25) is 0 Å². The molecule has 144 valence electrons. The van der Waals surface area contributed by atoms with Crippen LogP contribution in [-0.2, 0) is 9.47 Å². The monoisotopic (exact) mass is 387 g/mol. The topological polar surface area (TPSA) is 40.2 Å². The van der Waals surface area contributed by atoms with Gasteiger partial charge < -0.3 is 18.5 Å². The fraction of sp³-hybridized carbons (Fsp3) is 0.429. The van der Waals surface area contributed by atoms with Gasteiger partial charge >= 0.3 is 8.53 Å². The van der Waals surface area contributed by atoms with Gasteiger partial charge in [-0.2, -0.15) is 0 Å². The largest absolute Gasteiger partial charge is 0.427 e. The van der Waals surface area contributed by atoms with Crippen molar-refractivity contribution in [1.82, 2.24) is 4.67 Å². The van der Waals surface area contributed by atoms with Crippen molar-refractivity contribution >= 4 is 8.53 Å². The van der Waals surface area contributed by atoms with E-state index >= 15 is 0 Å². The van der Waals surface area contributed by atoms with Crippen molar-refractivity contribution in [3.05, 3.63) is 59.2 Å². The van der Waals surface area contributed by atoms with E-state index < -0.39 is 14.8 Å². The van der Waals surface area contributed by atoms with Crippen LogP contribution in [0.1, 0.15) is 61.9 Å². The predicted octanol–water partition coefficient (Wildman–Crippen LogP) is 5.89. The van der Waals surface area contributed by atoms with Gasteiger partial charge in [0, 0.05) is 0 Å². The Kier molecular flexibility index (Phi) is 5.38. The third kappa shape index (κ3) is 3.57. The van der Waals surface area contributed by atoms with Gasteiger partial charge in [0.15, 0.2) is 6.29 Å². The lowest BCUT2D eigenvalue weighted by Crippen LogP contribution is -2.13. The molecule has 0 amide bonds. The van der Waals surface area contributed by atoms with E-state index in [4.69, 9.17) is 18.5 Å². The van der Waals surface area contributed by atoms with Crippen molar-refractivity contribution in [2.45, 2.75) is 45.2 Å². The summed E-state index contributed by atoms with van der Waals surface area (Å²) in [7, 11) is 2.63. The van der Waals surface area contributed by atoms with Crippen LogP contribution in [0.2, 0.25) is 0 Å². The summed E-state index contributed by atoms with van der Waals surface area (Å²) >= 11 is 0. The first kappa shape index (κ1) is 18.7. The average Bonchev–Trinajstić information content (AvgIpc) is 3.03. The second kappa shape index (κ2) is 7.76. The molecule has 2 aromatic rings. The maximum atomic E-state index is 6.46. The molecule has 4 rings (SSSR count). The highest BCUT2D eigenvalue weighted by atomic mass is 31.2. The Bertz CT molecular complexity index is 813. The third-order valence-electron chi connectivity index (χ3n) is 4.92. The van der Waals surface area contributed by atoms with E-state index in [2.05, 4.69) is 26.0 Å². The molecular weight excluding hydrogens is 361 g/mol. The van der Waals surface area contributed by atoms with Crippen molar-refractivity contribution in [3.8, 4) is 11.5 Å². The molecule has 2 bridgehead atoms.